The number of anilines is 4. The molecule has 1 fully saturated rings. The number of aromatic nitrogens is 3. The zero-order valence-corrected chi connectivity index (χ0v) is 20.8. The highest BCUT2D eigenvalue weighted by Gasteiger charge is 2.19. The zero-order chi connectivity index (χ0) is 23.4. The summed E-state index contributed by atoms with van der Waals surface area (Å²) >= 11 is 13.3. The van der Waals surface area contributed by atoms with E-state index in [2.05, 4.69) is 35.4 Å². The number of nitrogens with one attached hydrogen (secondary N) is 2. The van der Waals surface area contributed by atoms with Gasteiger partial charge in [0.1, 0.15) is 22.3 Å². The summed E-state index contributed by atoms with van der Waals surface area (Å²) in [5.41, 5.74) is 1.50. The molecule has 2 N–H and O–H groups in total. The number of aryl methyl sites for hydroxylation is 2. The molecule has 0 spiro atoms. The number of rotatable bonds is 7. The third-order valence-electron chi connectivity index (χ3n) is 5.35. The number of para-hydroxylation sites is 1. The first kappa shape index (κ1) is 23.7. The minimum atomic E-state index is -0.258. The van der Waals surface area contributed by atoms with Gasteiger partial charge >= 0.3 is 0 Å². The lowest BCUT2D eigenvalue weighted by atomic mass is 10.2. The molecular weight excluding hydrogens is 481 g/mol. The van der Waals surface area contributed by atoms with E-state index in [9.17, 15) is 4.79 Å². The second-order valence-corrected chi connectivity index (χ2v) is 9.53. The van der Waals surface area contributed by atoms with E-state index in [0.717, 1.165) is 44.1 Å². The van der Waals surface area contributed by atoms with Crippen molar-refractivity contribution in [1.29, 1.82) is 0 Å². The van der Waals surface area contributed by atoms with Crippen LogP contribution in [0.25, 0.3) is 0 Å². The Bertz CT molecular complexity index is 1110. The highest BCUT2D eigenvalue weighted by Crippen LogP contribution is 2.28. The van der Waals surface area contributed by atoms with Crippen LogP contribution in [0.3, 0.4) is 0 Å². The van der Waals surface area contributed by atoms with Crippen LogP contribution in [0.2, 0.25) is 5.02 Å². The van der Waals surface area contributed by atoms with Gasteiger partial charge in [-0.1, -0.05) is 35.1 Å². The number of thiazole rings is 1. The molecule has 33 heavy (non-hydrogen) atoms. The van der Waals surface area contributed by atoms with Crippen LogP contribution >= 0.6 is 34.5 Å². The Hall–Kier alpha value is -2.46. The predicted molar refractivity (Wildman–Crippen MR) is 136 cm³/mol. The fourth-order valence-corrected chi connectivity index (χ4v) is 4.84. The summed E-state index contributed by atoms with van der Waals surface area (Å²) in [6.07, 6.45) is 1.54. The number of nitrogens with zero attached hydrogens (tertiary/aromatic N) is 5. The number of amides is 1. The van der Waals surface area contributed by atoms with Crippen molar-refractivity contribution in [1.82, 2.24) is 19.9 Å². The van der Waals surface area contributed by atoms with Crippen molar-refractivity contribution in [2.24, 2.45) is 0 Å². The lowest BCUT2D eigenvalue weighted by Crippen LogP contribution is -2.47. The molecule has 1 amide bonds. The summed E-state index contributed by atoms with van der Waals surface area (Å²) in [6, 6.07) is 7.41. The van der Waals surface area contributed by atoms with Crippen molar-refractivity contribution in [3.63, 3.8) is 0 Å². The fraction of sp³-hybridized carbons (Fsp3) is 0.364. The molecule has 0 bridgehead atoms. The Morgan fingerprint density at radius 3 is 2.70 bits per heavy atom. The normalized spacial score (nSPS) is 14.4. The third kappa shape index (κ3) is 5.92. The van der Waals surface area contributed by atoms with Gasteiger partial charge in [-0.15, -0.1) is 11.6 Å². The SMILES string of the molecule is Cc1nc(Nc2ncc(C(=O)Nc3c(C)cccc3Cl)s2)cc(N2CCN(CCCl)CC2)n1. The van der Waals surface area contributed by atoms with E-state index >= 15 is 0 Å². The molecule has 0 unspecified atom stereocenters. The van der Waals surface area contributed by atoms with E-state index in [1.807, 2.05) is 32.0 Å². The van der Waals surface area contributed by atoms with E-state index < -0.39 is 0 Å². The summed E-state index contributed by atoms with van der Waals surface area (Å²) in [4.78, 5) is 31.2. The molecule has 0 saturated carbocycles. The molecule has 0 aliphatic carbocycles. The van der Waals surface area contributed by atoms with Crippen LogP contribution in [0, 0.1) is 13.8 Å². The monoisotopic (exact) mass is 505 g/mol. The molecule has 3 aromatic rings. The van der Waals surface area contributed by atoms with Crippen LogP contribution in [-0.4, -0.2) is 64.4 Å². The number of piperazine rings is 1. The maximum absolute atomic E-state index is 12.7. The molecule has 3 heterocycles. The lowest BCUT2D eigenvalue weighted by molar-refractivity contribution is 0.103. The van der Waals surface area contributed by atoms with Crippen molar-refractivity contribution in [2.45, 2.75) is 13.8 Å². The molecule has 1 aliphatic rings. The lowest BCUT2D eigenvalue weighted by Gasteiger charge is -2.35. The number of halogens is 2. The van der Waals surface area contributed by atoms with Crippen molar-refractivity contribution < 1.29 is 4.79 Å². The smallest absolute Gasteiger partial charge is 0.267 e. The van der Waals surface area contributed by atoms with Crippen molar-refractivity contribution >= 4 is 62.9 Å². The Morgan fingerprint density at radius 1 is 1.18 bits per heavy atom. The summed E-state index contributed by atoms with van der Waals surface area (Å²) in [5, 5.41) is 7.16. The molecule has 1 aromatic carbocycles. The van der Waals surface area contributed by atoms with Gasteiger partial charge in [0.05, 0.1) is 16.9 Å². The maximum atomic E-state index is 12.7. The van der Waals surface area contributed by atoms with E-state index in [1.165, 1.54) is 11.3 Å². The van der Waals surface area contributed by atoms with Gasteiger partial charge in [0.25, 0.3) is 5.91 Å². The Labute approximate surface area is 207 Å². The molecule has 0 radical (unpaired) electrons. The van der Waals surface area contributed by atoms with Gasteiger partial charge in [0, 0.05) is 44.7 Å². The van der Waals surface area contributed by atoms with Gasteiger partial charge < -0.3 is 15.5 Å². The molecule has 11 heteroatoms. The maximum Gasteiger partial charge on any atom is 0.267 e. The predicted octanol–water partition coefficient (Wildman–Crippen LogP) is 4.56. The molecular formula is C22H25Cl2N7OS. The van der Waals surface area contributed by atoms with Crippen LogP contribution < -0.4 is 15.5 Å². The van der Waals surface area contributed by atoms with E-state index in [0.29, 0.717) is 38.2 Å². The van der Waals surface area contributed by atoms with E-state index in [1.54, 1.807) is 12.3 Å². The van der Waals surface area contributed by atoms with Gasteiger partial charge in [-0.25, -0.2) is 15.0 Å². The topological polar surface area (TPSA) is 86.3 Å². The first-order valence-corrected chi connectivity index (χ1v) is 12.3. The molecule has 4 rings (SSSR count). The van der Waals surface area contributed by atoms with Gasteiger partial charge in [0.15, 0.2) is 5.13 Å². The third-order valence-corrected chi connectivity index (χ3v) is 6.74. The average molecular weight is 506 g/mol. The van der Waals surface area contributed by atoms with Crippen LogP contribution in [-0.2, 0) is 0 Å². The highest BCUT2D eigenvalue weighted by molar-refractivity contribution is 7.17. The molecule has 1 saturated heterocycles. The van der Waals surface area contributed by atoms with Crippen LogP contribution in [0.15, 0.2) is 30.5 Å². The minimum absolute atomic E-state index is 0.258. The van der Waals surface area contributed by atoms with Gasteiger partial charge in [-0.05, 0) is 25.5 Å². The highest BCUT2D eigenvalue weighted by atomic mass is 35.5. The zero-order valence-electron chi connectivity index (χ0n) is 18.4. The Kier molecular flexibility index (Phi) is 7.64. The number of alkyl halides is 1. The quantitative estimate of drug-likeness (QED) is 0.455. The number of carbonyl (C=O) groups excluding carboxylic acids is 1. The van der Waals surface area contributed by atoms with Crippen molar-refractivity contribution in [2.75, 3.05) is 54.1 Å². The molecule has 174 valence electrons. The van der Waals surface area contributed by atoms with E-state index in [4.69, 9.17) is 23.2 Å². The summed E-state index contributed by atoms with van der Waals surface area (Å²) in [7, 11) is 0. The number of hydrogen-bond donors (Lipinski definition) is 2. The van der Waals surface area contributed by atoms with Gasteiger partial charge in [-0.2, -0.15) is 0 Å². The minimum Gasteiger partial charge on any atom is -0.354 e. The summed E-state index contributed by atoms with van der Waals surface area (Å²) < 4.78 is 0. The Morgan fingerprint density at radius 2 is 1.97 bits per heavy atom. The molecule has 0 atom stereocenters. The first-order chi connectivity index (χ1) is 15.9. The number of carbonyl (C=O) groups is 1. The number of benzene rings is 1. The van der Waals surface area contributed by atoms with Crippen molar-refractivity contribution in [3.8, 4) is 0 Å². The molecule has 8 nitrogen and oxygen atoms in total. The fourth-order valence-electron chi connectivity index (χ4n) is 3.61. The summed E-state index contributed by atoms with van der Waals surface area (Å²) in [5.74, 6) is 2.57. The van der Waals surface area contributed by atoms with Gasteiger partial charge in [-0.3, -0.25) is 9.69 Å². The summed E-state index contributed by atoms with van der Waals surface area (Å²) in [6.45, 7) is 8.34. The van der Waals surface area contributed by atoms with E-state index in [-0.39, 0.29) is 5.91 Å². The molecule has 2 aromatic heterocycles. The van der Waals surface area contributed by atoms with Crippen LogP contribution in [0.5, 0.6) is 0 Å². The second-order valence-electron chi connectivity index (χ2n) is 7.72. The average Bonchev–Trinajstić information content (AvgIpc) is 3.25. The standard InChI is InChI=1S/C22H25Cl2N7OS/c1-14-4-3-5-16(24)20(14)29-21(32)17-13-25-22(33-17)28-18-12-19(27-15(2)26-18)31-10-8-30(7-6-23)9-11-31/h3-5,12-13H,6-11H2,1-2H3,(H,29,32)(H,25,26,27,28). The molecule has 1 aliphatic heterocycles. The number of hydrogen-bond acceptors (Lipinski definition) is 8. The van der Waals surface area contributed by atoms with Crippen LogP contribution in [0.1, 0.15) is 21.1 Å². The first-order valence-electron chi connectivity index (χ1n) is 10.6. The second kappa shape index (κ2) is 10.6. The van der Waals surface area contributed by atoms with Gasteiger partial charge in [0.2, 0.25) is 0 Å². The Balaban J connectivity index is 1.43. The van der Waals surface area contributed by atoms with Crippen LogP contribution in [0.4, 0.5) is 22.5 Å². The van der Waals surface area contributed by atoms with Crippen molar-refractivity contribution in [3.05, 3.63) is 51.7 Å². The largest absolute Gasteiger partial charge is 0.354 e.